The summed E-state index contributed by atoms with van der Waals surface area (Å²) in [6, 6.07) is 5.46. The number of ketones is 1. The van der Waals surface area contributed by atoms with Crippen LogP contribution in [0.2, 0.25) is 0 Å². The molecule has 0 bridgehead atoms. The summed E-state index contributed by atoms with van der Waals surface area (Å²) in [6.07, 6.45) is 9.96. The van der Waals surface area contributed by atoms with Crippen LogP contribution in [0.4, 0.5) is 0 Å². The molecule has 0 radical (unpaired) electrons. The fourth-order valence-corrected chi connectivity index (χ4v) is 5.37. The number of esters is 1. The Morgan fingerprint density at radius 1 is 1.12 bits per heavy atom. The van der Waals surface area contributed by atoms with Crippen LogP contribution in [0.25, 0.3) is 10.9 Å². The van der Waals surface area contributed by atoms with Gasteiger partial charge in [0, 0.05) is 36.8 Å². The highest BCUT2D eigenvalue weighted by Crippen LogP contribution is 2.40. The molecule has 1 aromatic heterocycles. The molecule has 1 aliphatic heterocycles. The number of allylic oxidation sites excluding steroid dienone is 2. The van der Waals surface area contributed by atoms with Crippen LogP contribution < -0.4 is 10.5 Å². The maximum absolute atomic E-state index is 13.0. The molecular formula is C31H39N3O7. The molecule has 4 atom stereocenters. The first-order valence-electron chi connectivity index (χ1n) is 14.4. The van der Waals surface area contributed by atoms with Gasteiger partial charge in [-0.2, -0.15) is 0 Å². The van der Waals surface area contributed by atoms with E-state index in [4.69, 9.17) is 15.2 Å². The van der Waals surface area contributed by atoms with Crippen LogP contribution in [0.1, 0.15) is 75.2 Å². The number of pyridine rings is 1. The van der Waals surface area contributed by atoms with Crippen LogP contribution >= 0.6 is 0 Å². The first-order chi connectivity index (χ1) is 19.7. The molecule has 2 aromatic rings. The highest BCUT2D eigenvalue weighted by molar-refractivity contribution is 5.98. The number of nitrogens with two attached hydrogens (primary N) is 1. The quantitative estimate of drug-likeness (QED) is 0.151. The van der Waals surface area contributed by atoms with Gasteiger partial charge in [0.1, 0.15) is 29.3 Å². The fraction of sp³-hybridized carbons (Fsp3) is 0.516. The fourth-order valence-electron chi connectivity index (χ4n) is 5.37. The van der Waals surface area contributed by atoms with Gasteiger partial charge in [-0.05, 0) is 43.7 Å². The first kappa shape index (κ1) is 30.0. The van der Waals surface area contributed by atoms with Crippen molar-refractivity contribution < 1.29 is 33.8 Å². The maximum atomic E-state index is 13.0. The Labute approximate surface area is 239 Å². The summed E-state index contributed by atoms with van der Waals surface area (Å²) in [6.45, 7) is 1.95. The third-order valence-corrected chi connectivity index (χ3v) is 7.81. The van der Waals surface area contributed by atoms with Gasteiger partial charge in [-0.3, -0.25) is 19.2 Å². The number of benzene rings is 1. The van der Waals surface area contributed by atoms with Crippen LogP contribution in [-0.2, 0) is 19.1 Å². The van der Waals surface area contributed by atoms with Crippen molar-refractivity contribution >= 4 is 34.5 Å². The molecule has 1 saturated carbocycles. The number of aromatic hydroxyl groups is 1. The van der Waals surface area contributed by atoms with Crippen molar-refractivity contribution in [2.45, 2.75) is 76.9 Å². The second-order valence-electron chi connectivity index (χ2n) is 10.8. The molecule has 0 spiro atoms. The third-order valence-electron chi connectivity index (χ3n) is 7.81. The number of ether oxygens (including phenoxy) is 2. The van der Waals surface area contributed by atoms with Crippen molar-refractivity contribution in [1.82, 2.24) is 9.88 Å². The second kappa shape index (κ2) is 13.6. The highest BCUT2D eigenvalue weighted by Gasteiger charge is 2.42. The van der Waals surface area contributed by atoms with Gasteiger partial charge in [0.25, 0.3) is 0 Å². The number of fused-ring (bicyclic) bond motifs is 1. The van der Waals surface area contributed by atoms with E-state index in [1.54, 1.807) is 19.1 Å². The predicted octanol–water partition coefficient (Wildman–Crippen LogP) is 4.07. The van der Waals surface area contributed by atoms with Gasteiger partial charge in [-0.15, -0.1) is 0 Å². The van der Waals surface area contributed by atoms with Crippen LogP contribution in [-0.4, -0.2) is 64.4 Å². The number of carbonyl (C=O) groups excluding carboxylic acids is 4. The molecule has 10 heteroatoms. The van der Waals surface area contributed by atoms with Crippen molar-refractivity contribution in [2.24, 2.45) is 17.6 Å². The average Bonchev–Trinajstić information content (AvgIpc) is 3.61. The van der Waals surface area contributed by atoms with E-state index in [1.165, 1.54) is 24.1 Å². The van der Waals surface area contributed by atoms with Crippen molar-refractivity contribution in [3.8, 4) is 11.5 Å². The van der Waals surface area contributed by atoms with Crippen LogP contribution in [0, 0.1) is 11.8 Å². The molecule has 1 aliphatic carbocycles. The van der Waals surface area contributed by atoms with E-state index >= 15 is 0 Å². The van der Waals surface area contributed by atoms with E-state index in [2.05, 4.69) is 17.1 Å². The normalized spacial score (nSPS) is 21.8. The smallest absolute Gasteiger partial charge is 0.309 e. The lowest BCUT2D eigenvalue weighted by molar-refractivity contribution is -0.142. The SMILES string of the molecule is CCC(=O)c1cc(O[C@@H]2C[C@@H](C(N)=O)N(C(=O)CCCCCC/C=C\[C@@H]3C[C@@H]3C(=O)OC)C2)c2ccc(O)cc2n1. The summed E-state index contributed by atoms with van der Waals surface area (Å²) in [7, 11) is 1.42. The van der Waals surface area contributed by atoms with E-state index in [1.807, 2.05) is 0 Å². The lowest BCUT2D eigenvalue weighted by atomic mass is 10.1. The van der Waals surface area contributed by atoms with E-state index in [0.29, 0.717) is 35.4 Å². The standard InChI is InChI=1S/C31H39N3O7/c1-3-27(36)25-17-28(22-13-12-20(35)15-24(22)33-25)41-21-16-26(30(32)38)34(18-21)29(37)11-9-7-5-4-6-8-10-19-14-23(19)31(39)40-2/h8,10,12-13,15,17,19,21,23,26,35H,3-7,9,11,14,16,18H2,1-2H3,(H2,32,38)/b10-8-/t19-,21-,23+,26+/m1/s1. The van der Waals surface area contributed by atoms with Gasteiger partial charge < -0.3 is 25.2 Å². The minimum atomic E-state index is -0.761. The molecule has 0 unspecified atom stereocenters. The molecule has 1 saturated heterocycles. The molecule has 4 rings (SSSR count). The number of Topliss-reactive ketones (excluding diaryl/α,β-unsaturated/α-hetero) is 1. The number of nitrogens with zero attached hydrogens (tertiary/aromatic N) is 2. The Bertz CT molecular complexity index is 1320. The summed E-state index contributed by atoms with van der Waals surface area (Å²) in [5.74, 6) is -0.256. The lowest BCUT2D eigenvalue weighted by Crippen LogP contribution is -2.43. The number of phenols is 1. The minimum absolute atomic E-state index is 0.0170. The number of amides is 2. The molecule has 10 nitrogen and oxygen atoms in total. The summed E-state index contributed by atoms with van der Waals surface area (Å²) >= 11 is 0. The zero-order valence-electron chi connectivity index (χ0n) is 23.7. The van der Waals surface area contributed by atoms with Gasteiger partial charge in [-0.1, -0.05) is 31.9 Å². The van der Waals surface area contributed by atoms with E-state index in [0.717, 1.165) is 32.1 Å². The van der Waals surface area contributed by atoms with Crippen molar-refractivity contribution in [2.75, 3.05) is 13.7 Å². The Morgan fingerprint density at radius 3 is 2.63 bits per heavy atom. The van der Waals surface area contributed by atoms with Crippen LogP contribution in [0.5, 0.6) is 11.5 Å². The first-order valence-corrected chi connectivity index (χ1v) is 14.4. The van der Waals surface area contributed by atoms with Gasteiger partial charge in [0.15, 0.2) is 5.78 Å². The summed E-state index contributed by atoms with van der Waals surface area (Å²) < 4.78 is 11.0. The Balaban J connectivity index is 1.28. The molecule has 2 aliphatic rings. The second-order valence-corrected chi connectivity index (χ2v) is 10.8. The zero-order valence-corrected chi connectivity index (χ0v) is 23.7. The minimum Gasteiger partial charge on any atom is -0.508 e. The largest absolute Gasteiger partial charge is 0.508 e. The topological polar surface area (TPSA) is 149 Å². The van der Waals surface area contributed by atoms with Gasteiger partial charge in [0.05, 0.1) is 25.1 Å². The number of unbranched alkanes of at least 4 members (excludes halogenated alkanes) is 4. The van der Waals surface area contributed by atoms with E-state index in [-0.39, 0.29) is 54.4 Å². The number of rotatable bonds is 14. The zero-order chi connectivity index (χ0) is 29.5. The number of carbonyl (C=O) groups is 4. The number of hydrogen-bond acceptors (Lipinski definition) is 8. The Morgan fingerprint density at radius 2 is 1.90 bits per heavy atom. The van der Waals surface area contributed by atoms with Crippen molar-refractivity contribution in [1.29, 1.82) is 0 Å². The molecule has 3 N–H and O–H groups in total. The van der Waals surface area contributed by atoms with Crippen molar-refractivity contribution in [3.05, 3.63) is 42.1 Å². The third kappa shape index (κ3) is 7.62. The van der Waals surface area contributed by atoms with Gasteiger partial charge >= 0.3 is 5.97 Å². The molecule has 2 amide bonds. The highest BCUT2D eigenvalue weighted by atomic mass is 16.5. The van der Waals surface area contributed by atoms with E-state index < -0.39 is 18.1 Å². The monoisotopic (exact) mass is 565 g/mol. The summed E-state index contributed by atoms with van der Waals surface area (Å²) in [4.78, 5) is 55.0. The number of likely N-dealkylation sites (tertiary alicyclic amines) is 1. The number of primary amides is 1. The Hall–Kier alpha value is -3.95. The number of hydrogen-bond donors (Lipinski definition) is 2. The van der Waals surface area contributed by atoms with Crippen molar-refractivity contribution in [3.63, 3.8) is 0 Å². The molecular weight excluding hydrogens is 526 g/mol. The summed E-state index contributed by atoms with van der Waals surface area (Å²) in [5.41, 5.74) is 6.30. The number of aromatic nitrogens is 1. The maximum Gasteiger partial charge on any atom is 0.309 e. The molecule has 1 aromatic carbocycles. The molecule has 2 heterocycles. The lowest BCUT2D eigenvalue weighted by Gasteiger charge is -2.22. The van der Waals surface area contributed by atoms with Gasteiger partial charge in [0.2, 0.25) is 11.8 Å². The Kier molecular flexibility index (Phi) is 9.96. The van der Waals surface area contributed by atoms with Gasteiger partial charge in [-0.25, -0.2) is 4.98 Å². The molecule has 41 heavy (non-hydrogen) atoms. The van der Waals surface area contributed by atoms with Crippen LogP contribution in [0.3, 0.4) is 0 Å². The average molecular weight is 566 g/mol. The number of methoxy groups -OCH3 is 1. The van der Waals surface area contributed by atoms with Crippen LogP contribution in [0.15, 0.2) is 36.4 Å². The summed E-state index contributed by atoms with van der Waals surface area (Å²) in [5, 5.41) is 10.5. The molecule has 2 fully saturated rings. The number of phenolic OH excluding ortho intramolecular Hbond substituents is 1. The van der Waals surface area contributed by atoms with E-state index in [9.17, 15) is 24.3 Å². The predicted molar refractivity (Wildman–Crippen MR) is 152 cm³/mol. The molecule has 220 valence electrons.